The van der Waals surface area contributed by atoms with Gasteiger partial charge >= 0.3 is 0 Å². The van der Waals surface area contributed by atoms with Crippen LogP contribution in [-0.2, 0) is 11.2 Å². The maximum atomic E-state index is 12.1. The molecule has 6 heteroatoms. The van der Waals surface area contributed by atoms with Crippen LogP contribution in [0.1, 0.15) is 12.3 Å². The lowest BCUT2D eigenvalue weighted by Gasteiger charge is -2.03. The Morgan fingerprint density at radius 2 is 1.52 bits per heavy atom. The molecule has 0 aliphatic carbocycles. The third kappa shape index (κ3) is 5.08. The molecular weight excluding hydrogens is 477 g/mol. The van der Waals surface area contributed by atoms with Crippen LogP contribution < -0.4 is 5.32 Å². The van der Waals surface area contributed by atoms with E-state index in [0.717, 1.165) is 25.9 Å². The molecule has 1 N–H and O–H groups in total. The number of amides is 1. The summed E-state index contributed by atoms with van der Waals surface area (Å²) in [5, 5.41) is 6.91. The lowest BCUT2D eigenvalue weighted by Crippen LogP contribution is -2.12. The number of aromatic nitrogens is 2. The Morgan fingerprint density at radius 1 is 0.862 bits per heavy atom. The van der Waals surface area contributed by atoms with Gasteiger partial charge in [0.15, 0.2) is 0 Å². The maximum Gasteiger partial charge on any atom is 0.227 e. The number of carbonyl (C=O) groups is 1. The number of anilines is 1. The summed E-state index contributed by atoms with van der Waals surface area (Å²) in [7, 11) is 0. The number of benzene rings is 3. The first-order valence-corrected chi connectivity index (χ1v) is 10.3. The second kappa shape index (κ2) is 9.00. The molecule has 0 atom stereocenters. The van der Waals surface area contributed by atoms with E-state index in [1.807, 2.05) is 66.7 Å². The van der Waals surface area contributed by atoms with Crippen molar-refractivity contribution in [2.45, 2.75) is 12.8 Å². The van der Waals surface area contributed by atoms with Crippen LogP contribution in [0.15, 0.2) is 83.4 Å². The SMILES string of the molecule is O=C(CCc1nc(-c2ccc(-c3ccccc3)cc2)no1)Nc1ccc(I)cc1. The lowest BCUT2D eigenvalue weighted by atomic mass is 10.0. The van der Waals surface area contributed by atoms with E-state index in [0.29, 0.717) is 18.1 Å². The van der Waals surface area contributed by atoms with Crippen molar-refractivity contribution in [2.75, 3.05) is 5.32 Å². The summed E-state index contributed by atoms with van der Waals surface area (Å²) < 4.78 is 6.43. The summed E-state index contributed by atoms with van der Waals surface area (Å²) in [6.07, 6.45) is 0.672. The maximum absolute atomic E-state index is 12.1. The fraction of sp³-hybridized carbons (Fsp3) is 0.0870. The van der Waals surface area contributed by atoms with E-state index in [2.05, 4.69) is 50.2 Å². The largest absolute Gasteiger partial charge is 0.339 e. The monoisotopic (exact) mass is 495 g/mol. The molecule has 1 amide bonds. The van der Waals surface area contributed by atoms with Gasteiger partial charge in [-0.3, -0.25) is 4.79 Å². The van der Waals surface area contributed by atoms with Gasteiger partial charge in [-0.05, 0) is 58.0 Å². The van der Waals surface area contributed by atoms with Crippen LogP contribution in [0.2, 0.25) is 0 Å². The van der Waals surface area contributed by atoms with Gasteiger partial charge in [0, 0.05) is 27.7 Å². The van der Waals surface area contributed by atoms with Gasteiger partial charge in [-0.2, -0.15) is 4.98 Å². The number of hydrogen-bond donors (Lipinski definition) is 1. The lowest BCUT2D eigenvalue weighted by molar-refractivity contribution is -0.116. The van der Waals surface area contributed by atoms with E-state index >= 15 is 0 Å². The minimum Gasteiger partial charge on any atom is -0.339 e. The summed E-state index contributed by atoms with van der Waals surface area (Å²) in [5.41, 5.74) is 3.94. The van der Waals surface area contributed by atoms with Crippen LogP contribution in [-0.4, -0.2) is 16.0 Å². The molecular formula is C23H18IN3O2. The minimum absolute atomic E-state index is 0.0850. The van der Waals surface area contributed by atoms with Crippen LogP contribution in [0.25, 0.3) is 22.5 Å². The Hall–Kier alpha value is -3.00. The van der Waals surface area contributed by atoms with E-state index in [-0.39, 0.29) is 12.3 Å². The fourth-order valence-electron chi connectivity index (χ4n) is 2.89. The van der Waals surface area contributed by atoms with E-state index in [9.17, 15) is 4.79 Å². The zero-order valence-corrected chi connectivity index (χ0v) is 17.7. The fourth-order valence-corrected chi connectivity index (χ4v) is 3.25. The Kier molecular flexibility index (Phi) is 6.00. The number of hydrogen-bond acceptors (Lipinski definition) is 4. The molecule has 1 heterocycles. The van der Waals surface area contributed by atoms with Crippen molar-refractivity contribution in [3.8, 4) is 22.5 Å². The van der Waals surface area contributed by atoms with Crippen molar-refractivity contribution in [3.05, 3.63) is 88.3 Å². The molecule has 4 rings (SSSR count). The summed E-state index contributed by atoms with van der Waals surface area (Å²) in [5.74, 6) is 0.890. The van der Waals surface area contributed by atoms with Crippen molar-refractivity contribution < 1.29 is 9.32 Å². The molecule has 0 aliphatic rings. The van der Waals surface area contributed by atoms with Gasteiger partial charge in [0.1, 0.15) is 0 Å². The molecule has 1 aromatic heterocycles. The third-order valence-corrected chi connectivity index (χ3v) is 5.13. The molecule has 0 bridgehead atoms. The summed E-state index contributed by atoms with van der Waals surface area (Å²) in [6.45, 7) is 0. The van der Waals surface area contributed by atoms with Crippen LogP contribution in [0, 0.1) is 3.57 Å². The van der Waals surface area contributed by atoms with Crippen molar-refractivity contribution in [3.63, 3.8) is 0 Å². The van der Waals surface area contributed by atoms with Crippen molar-refractivity contribution in [1.29, 1.82) is 0 Å². The van der Waals surface area contributed by atoms with Crippen LogP contribution >= 0.6 is 22.6 Å². The van der Waals surface area contributed by atoms with E-state index in [1.54, 1.807) is 0 Å². The standard InChI is InChI=1S/C23H18IN3O2/c24-19-10-12-20(13-11-19)25-21(28)14-15-22-26-23(27-29-22)18-8-6-17(7-9-18)16-4-2-1-3-5-16/h1-13H,14-15H2,(H,25,28). The highest BCUT2D eigenvalue weighted by Crippen LogP contribution is 2.23. The molecule has 0 radical (unpaired) electrons. The zero-order chi connectivity index (χ0) is 20.1. The van der Waals surface area contributed by atoms with Crippen molar-refractivity contribution >= 4 is 34.2 Å². The molecule has 0 saturated carbocycles. The van der Waals surface area contributed by atoms with Crippen molar-refractivity contribution in [1.82, 2.24) is 10.1 Å². The number of nitrogens with one attached hydrogen (secondary N) is 1. The Morgan fingerprint density at radius 3 is 2.24 bits per heavy atom. The molecule has 5 nitrogen and oxygen atoms in total. The summed E-state index contributed by atoms with van der Waals surface area (Å²) in [6, 6.07) is 25.9. The van der Waals surface area contributed by atoms with Gasteiger partial charge in [-0.1, -0.05) is 59.8 Å². The quantitative estimate of drug-likeness (QED) is 0.355. The van der Waals surface area contributed by atoms with Crippen LogP contribution in [0.3, 0.4) is 0 Å². The second-order valence-corrected chi connectivity index (χ2v) is 7.76. The van der Waals surface area contributed by atoms with Gasteiger partial charge in [0.25, 0.3) is 0 Å². The zero-order valence-electron chi connectivity index (χ0n) is 15.5. The molecule has 0 aliphatic heterocycles. The Labute approximate surface area is 182 Å². The molecule has 3 aromatic carbocycles. The molecule has 0 spiro atoms. The van der Waals surface area contributed by atoms with Gasteiger partial charge in [-0.25, -0.2) is 0 Å². The van der Waals surface area contributed by atoms with Gasteiger partial charge < -0.3 is 9.84 Å². The van der Waals surface area contributed by atoms with Crippen LogP contribution in [0.5, 0.6) is 0 Å². The van der Waals surface area contributed by atoms with E-state index < -0.39 is 0 Å². The number of nitrogens with zero attached hydrogens (tertiary/aromatic N) is 2. The Balaban J connectivity index is 1.35. The Bertz CT molecular complexity index is 1090. The van der Waals surface area contributed by atoms with E-state index in [1.165, 1.54) is 0 Å². The first-order valence-electron chi connectivity index (χ1n) is 9.21. The first-order chi connectivity index (χ1) is 14.2. The highest BCUT2D eigenvalue weighted by molar-refractivity contribution is 14.1. The molecule has 144 valence electrons. The van der Waals surface area contributed by atoms with Gasteiger partial charge in [0.05, 0.1) is 0 Å². The average Bonchev–Trinajstić information content (AvgIpc) is 3.24. The minimum atomic E-state index is -0.0850. The number of carbonyl (C=O) groups excluding carboxylic acids is 1. The summed E-state index contributed by atoms with van der Waals surface area (Å²) >= 11 is 2.23. The molecule has 0 fully saturated rings. The molecule has 4 aromatic rings. The molecule has 0 unspecified atom stereocenters. The predicted molar refractivity (Wildman–Crippen MR) is 121 cm³/mol. The number of aryl methyl sites for hydroxylation is 1. The summed E-state index contributed by atoms with van der Waals surface area (Å²) in [4.78, 5) is 16.5. The van der Waals surface area contributed by atoms with Gasteiger partial charge in [0.2, 0.25) is 17.6 Å². The van der Waals surface area contributed by atoms with E-state index in [4.69, 9.17) is 4.52 Å². The highest BCUT2D eigenvalue weighted by Gasteiger charge is 2.11. The van der Waals surface area contributed by atoms with Crippen LogP contribution in [0.4, 0.5) is 5.69 Å². The third-order valence-electron chi connectivity index (χ3n) is 4.41. The average molecular weight is 495 g/mol. The number of halogens is 1. The van der Waals surface area contributed by atoms with Gasteiger partial charge in [-0.15, -0.1) is 0 Å². The second-order valence-electron chi connectivity index (χ2n) is 6.51. The normalized spacial score (nSPS) is 10.7. The van der Waals surface area contributed by atoms with Crippen molar-refractivity contribution in [2.24, 2.45) is 0 Å². The number of rotatable bonds is 6. The predicted octanol–water partition coefficient (Wildman–Crippen LogP) is 5.58. The first kappa shape index (κ1) is 19.3. The highest BCUT2D eigenvalue weighted by atomic mass is 127. The topological polar surface area (TPSA) is 68.0 Å². The molecule has 29 heavy (non-hydrogen) atoms. The molecule has 0 saturated heterocycles. The smallest absolute Gasteiger partial charge is 0.227 e.